The van der Waals surface area contributed by atoms with Gasteiger partial charge in [0.15, 0.2) is 11.9 Å². The molecule has 0 saturated heterocycles. The average Bonchev–Trinajstić information content (AvgIpc) is 3.16. The second-order valence-corrected chi connectivity index (χ2v) is 7.19. The van der Waals surface area contributed by atoms with Crippen LogP contribution in [0.3, 0.4) is 0 Å². The number of fused-ring (bicyclic) bond motifs is 1. The fourth-order valence-corrected chi connectivity index (χ4v) is 3.97. The number of ether oxygens (including phenoxy) is 1. The minimum Gasteiger partial charge on any atom is -0.448 e. The van der Waals surface area contributed by atoms with Gasteiger partial charge in [-0.05, 0) is 56.9 Å². The molecular formula is C19H19NO4S. The first-order valence-electron chi connectivity index (χ1n) is 8.19. The molecule has 0 spiro atoms. The summed E-state index contributed by atoms with van der Waals surface area (Å²) in [5.41, 5.74) is 2.05. The smallest absolute Gasteiger partial charge is 0.349 e. The zero-order valence-electron chi connectivity index (χ0n) is 14.1. The number of carbonyl (C=O) groups excluding carboxylic acids is 3. The molecule has 0 fully saturated rings. The lowest BCUT2D eigenvalue weighted by atomic mass is 10.1. The van der Waals surface area contributed by atoms with Gasteiger partial charge < -0.3 is 10.1 Å². The minimum absolute atomic E-state index is 0.145. The van der Waals surface area contributed by atoms with Gasteiger partial charge in [0.05, 0.1) is 5.69 Å². The van der Waals surface area contributed by atoms with Crippen molar-refractivity contribution in [2.24, 2.45) is 0 Å². The average molecular weight is 357 g/mol. The molecule has 3 rings (SSSR count). The number of amides is 1. The topological polar surface area (TPSA) is 72.5 Å². The minimum atomic E-state index is -0.954. The van der Waals surface area contributed by atoms with E-state index in [1.54, 1.807) is 24.3 Å². The van der Waals surface area contributed by atoms with E-state index in [2.05, 4.69) is 5.32 Å². The molecule has 1 aromatic heterocycles. The van der Waals surface area contributed by atoms with Crippen LogP contribution in [0.1, 0.15) is 50.7 Å². The van der Waals surface area contributed by atoms with Crippen LogP contribution in [0.15, 0.2) is 30.3 Å². The standard InChI is InChI=1S/C19H19NO4S/c1-11(21)14-7-3-4-8-15(14)20-18(22)12(2)24-19(23)17-10-13-6-5-9-16(13)25-17/h3-4,7-8,10,12H,5-6,9H2,1-2H3,(H,20,22)/t12-/m1/s1. The number of hydrogen-bond acceptors (Lipinski definition) is 5. The Balaban J connectivity index is 1.64. The molecule has 0 aliphatic heterocycles. The summed E-state index contributed by atoms with van der Waals surface area (Å²) >= 11 is 1.44. The van der Waals surface area contributed by atoms with Crippen molar-refractivity contribution in [3.8, 4) is 0 Å². The zero-order chi connectivity index (χ0) is 18.0. The number of aryl methyl sites for hydroxylation is 2. The first-order chi connectivity index (χ1) is 12.0. The number of ketones is 1. The number of carbonyl (C=O) groups is 3. The molecule has 1 amide bonds. The van der Waals surface area contributed by atoms with Gasteiger partial charge in [0.2, 0.25) is 0 Å². The molecule has 2 aromatic rings. The summed E-state index contributed by atoms with van der Waals surface area (Å²) < 4.78 is 5.28. The lowest BCUT2D eigenvalue weighted by Gasteiger charge is -2.14. The maximum atomic E-state index is 12.3. The Hall–Kier alpha value is -2.47. The zero-order valence-corrected chi connectivity index (χ0v) is 14.9. The van der Waals surface area contributed by atoms with Gasteiger partial charge >= 0.3 is 5.97 Å². The number of para-hydroxylation sites is 1. The van der Waals surface area contributed by atoms with Crippen LogP contribution in [0, 0.1) is 0 Å². The maximum Gasteiger partial charge on any atom is 0.349 e. The van der Waals surface area contributed by atoms with Crippen LogP contribution in [0.4, 0.5) is 5.69 Å². The molecule has 25 heavy (non-hydrogen) atoms. The Labute approximate surface area is 150 Å². The summed E-state index contributed by atoms with van der Waals surface area (Å²) in [7, 11) is 0. The van der Waals surface area contributed by atoms with Crippen molar-refractivity contribution >= 4 is 34.7 Å². The van der Waals surface area contributed by atoms with Crippen molar-refractivity contribution < 1.29 is 19.1 Å². The van der Waals surface area contributed by atoms with Crippen LogP contribution >= 0.6 is 11.3 Å². The van der Waals surface area contributed by atoms with Crippen LogP contribution in [0.2, 0.25) is 0 Å². The molecule has 0 unspecified atom stereocenters. The van der Waals surface area contributed by atoms with Crippen molar-refractivity contribution in [1.82, 2.24) is 0 Å². The summed E-state index contributed by atoms with van der Waals surface area (Å²) in [6, 6.07) is 8.61. The lowest BCUT2D eigenvalue weighted by Crippen LogP contribution is -2.30. The van der Waals surface area contributed by atoms with Gasteiger partial charge in [-0.25, -0.2) is 4.79 Å². The van der Waals surface area contributed by atoms with E-state index in [1.807, 2.05) is 6.07 Å². The molecule has 1 N–H and O–H groups in total. The predicted octanol–water partition coefficient (Wildman–Crippen LogP) is 3.62. The van der Waals surface area contributed by atoms with Gasteiger partial charge in [-0.3, -0.25) is 9.59 Å². The Bertz CT molecular complexity index is 818. The Morgan fingerprint density at radius 3 is 2.68 bits per heavy atom. The number of rotatable bonds is 5. The second-order valence-electron chi connectivity index (χ2n) is 6.05. The van der Waals surface area contributed by atoms with Crippen LogP contribution < -0.4 is 5.32 Å². The number of esters is 1. The molecule has 5 nitrogen and oxygen atoms in total. The number of benzene rings is 1. The summed E-state index contributed by atoms with van der Waals surface area (Å²) in [6.07, 6.45) is 2.18. The molecule has 130 valence electrons. The van der Waals surface area contributed by atoms with Gasteiger partial charge in [-0.1, -0.05) is 12.1 Å². The van der Waals surface area contributed by atoms with E-state index in [0.717, 1.165) is 19.3 Å². The molecule has 0 bridgehead atoms. The monoisotopic (exact) mass is 357 g/mol. The largest absolute Gasteiger partial charge is 0.448 e. The molecule has 0 saturated carbocycles. The van der Waals surface area contributed by atoms with Crippen molar-refractivity contribution in [2.75, 3.05) is 5.32 Å². The molecule has 1 aromatic carbocycles. The van der Waals surface area contributed by atoms with Gasteiger partial charge in [0.1, 0.15) is 4.88 Å². The molecule has 0 radical (unpaired) electrons. The van der Waals surface area contributed by atoms with Crippen LogP contribution in [-0.2, 0) is 22.4 Å². The SMILES string of the molecule is CC(=O)c1ccccc1NC(=O)[C@@H](C)OC(=O)c1cc2c(s1)CCC2. The normalized spacial score (nSPS) is 13.8. The molecule has 1 atom stereocenters. The van der Waals surface area contributed by atoms with Gasteiger partial charge in [0, 0.05) is 10.4 Å². The number of thiophene rings is 1. The highest BCUT2D eigenvalue weighted by Gasteiger charge is 2.24. The van der Waals surface area contributed by atoms with Crippen molar-refractivity contribution in [3.63, 3.8) is 0 Å². The third kappa shape index (κ3) is 3.79. The summed E-state index contributed by atoms with van der Waals surface area (Å²) in [4.78, 5) is 37.9. The summed E-state index contributed by atoms with van der Waals surface area (Å²) in [5.74, 6) is -1.10. The number of Topliss-reactive ketones (excluding diaryl/α,β-unsaturated/α-hetero) is 1. The van der Waals surface area contributed by atoms with Gasteiger partial charge in [-0.2, -0.15) is 0 Å². The highest BCUT2D eigenvalue weighted by atomic mass is 32.1. The van der Waals surface area contributed by atoms with Crippen molar-refractivity contribution in [3.05, 3.63) is 51.2 Å². The molecule has 1 aliphatic carbocycles. The van der Waals surface area contributed by atoms with E-state index in [4.69, 9.17) is 4.74 Å². The van der Waals surface area contributed by atoms with E-state index in [9.17, 15) is 14.4 Å². The van der Waals surface area contributed by atoms with E-state index in [1.165, 1.54) is 35.6 Å². The fraction of sp³-hybridized carbons (Fsp3) is 0.316. The molecular weight excluding hydrogens is 338 g/mol. The van der Waals surface area contributed by atoms with E-state index in [-0.39, 0.29) is 5.78 Å². The predicted molar refractivity (Wildman–Crippen MR) is 96.3 cm³/mol. The maximum absolute atomic E-state index is 12.3. The first kappa shape index (κ1) is 17.4. The van der Waals surface area contributed by atoms with Crippen LogP contribution in [-0.4, -0.2) is 23.8 Å². The van der Waals surface area contributed by atoms with Crippen LogP contribution in [0.25, 0.3) is 0 Å². The summed E-state index contributed by atoms with van der Waals surface area (Å²) in [6.45, 7) is 2.95. The van der Waals surface area contributed by atoms with E-state index >= 15 is 0 Å². The van der Waals surface area contributed by atoms with Gasteiger partial charge in [0.25, 0.3) is 5.91 Å². The Morgan fingerprint density at radius 2 is 1.96 bits per heavy atom. The third-order valence-corrected chi connectivity index (χ3v) is 5.38. The quantitative estimate of drug-likeness (QED) is 0.655. The molecule has 6 heteroatoms. The Kier molecular flexibility index (Phi) is 4.99. The number of nitrogens with one attached hydrogen (secondary N) is 1. The second kappa shape index (κ2) is 7.19. The lowest BCUT2D eigenvalue weighted by molar-refractivity contribution is -0.123. The summed E-state index contributed by atoms with van der Waals surface area (Å²) in [5, 5.41) is 2.65. The third-order valence-electron chi connectivity index (χ3n) is 4.17. The van der Waals surface area contributed by atoms with Crippen molar-refractivity contribution in [1.29, 1.82) is 0 Å². The molecule has 1 heterocycles. The first-order valence-corrected chi connectivity index (χ1v) is 9.00. The highest BCUT2D eigenvalue weighted by Crippen LogP contribution is 2.31. The van der Waals surface area contributed by atoms with Crippen LogP contribution in [0.5, 0.6) is 0 Å². The Morgan fingerprint density at radius 1 is 1.20 bits per heavy atom. The highest BCUT2D eigenvalue weighted by molar-refractivity contribution is 7.14. The molecule has 1 aliphatic rings. The van der Waals surface area contributed by atoms with Crippen molar-refractivity contribution in [2.45, 2.75) is 39.2 Å². The van der Waals surface area contributed by atoms with E-state index < -0.39 is 18.0 Å². The fourth-order valence-electron chi connectivity index (χ4n) is 2.84. The van der Waals surface area contributed by atoms with Gasteiger partial charge in [-0.15, -0.1) is 11.3 Å². The number of hydrogen-bond donors (Lipinski definition) is 1. The van der Waals surface area contributed by atoms with E-state index in [0.29, 0.717) is 16.1 Å². The number of anilines is 1.